The molecule has 0 spiro atoms. The van der Waals surface area contributed by atoms with Crippen molar-refractivity contribution in [1.29, 1.82) is 0 Å². The number of carboxylic acid groups (broad SMARTS) is 1. The van der Waals surface area contributed by atoms with Crippen molar-refractivity contribution in [2.24, 2.45) is 0 Å². The Hall–Kier alpha value is -0.796. The van der Waals surface area contributed by atoms with Crippen molar-refractivity contribution in [1.82, 2.24) is 4.98 Å². The topological polar surface area (TPSA) is 50.2 Å². The van der Waals surface area contributed by atoms with Crippen molar-refractivity contribution in [2.75, 3.05) is 0 Å². The molecule has 0 amide bonds. The van der Waals surface area contributed by atoms with Gasteiger partial charge >= 0.3 is 5.97 Å². The monoisotopic (exact) mass is 275 g/mol. The van der Waals surface area contributed by atoms with E-state index in [1.807, 2.05) is 13.0 Å². The van der Waals surface area contributed by atoms with Crippen LogP contribution in [0.4, 0.5) is 0 Å². The normalized spacial score (nSPS) is 9.67. The van der Waals surface area contributed by atoms with Gasteiger partial charge in [-0.2, -0.15) is 23.8 Å². The van der Waals surface area contributed by atoms with Gasteiger partial charge < -0.3 is 10.1 Å². The summed E-state index contributed by atoms with van der Waals surface area (Å²) in [5.41, 5.74) is 1.74. The molecular formula is C11H8NO2Y-. The molecule has 1 heterocycles. The van der Waals surface area contributed by atoms with Gasteiger partial charge in [-0.05, 0) is 11.6 Å². The van der Waals surface area contributed by atoms with E-state index in [0.717, 1.165) is 10.9 Å². The first-order chi connectivity index (χ1) is 6.66. The summed E-state index contributed by atoms with van der Waals surface area (Å²) in [4.78, 5) is 14.6. The summed E-state index contributed by atoms with van der Waals surface area (Å²) in [6.07, 6.45) is 0. The van der Waals surface area contributed by atoms with Gasteiger partial charge in [-0.3, -0.25) is 0 Å². The van der Waals surface area contributed by atoms with E-state index in [4.69, 9.17) is 5.11 Å². The number of benzene rings is 1. The Balaban J connectivity index is 0.00000112. The molecule has 0 bridgehead atoms. The van der Waals surface area contributed by atoms with Gasteiger partial charge in [0, 0.05) is 32.7 Å². The Morgan fingerprint density at radius 1 is 1.47 bits per heavy atom. The molecule has 15 heavy (non-hydrogen) atoms. The summed E-state index contributed by atoms with van der Waals surface area (Å²) in [7, 11) is 0. The van der Waals surface area contributed by atoms with Crippen molar-refractivity contribution in [3.8, 4) is 0 Å². The summed E-state index contributed by atoms with van der Waals surface area (Å²) in [6.45, 7) is 1.94. The van der Waals surface area contributed by atoms with E-state index in [0.29, 0.717) is 5.52 Å². The zero-order chi connectivity index (χ0) is 10.1. The number of pyridine rings is 1. The van der Waals surface area contributed by atoms with Crippen LogP contribution in [-0.2, 0) is 32.7 Å². The van der Waals surface area contributed by atoms with Crippen LogP contribution in [0.5, 0.6) is 0 Å². The van der Waals surface area contributed by atoms with Crippen LogP contribution in [0.15, 0.2) is 24.3 Å². The van der Waals surface area contributed by atoms with Crippen molar-refractivity contribution < 1.29 is 42.6 Å². The van der Waals surface area contributed by atoms with E-state index in [2.05, 4.69) is 11.1 Å². The standard InChI is InChI=1S/C11H8NO2.Y/c1-7-2-4-9-8(6-7)3-5-10(12-9)11(13)14;/h3-6H,1H3,(H,13,14);/q-1;. The number of carbonyl (C=O) groups is 1. The fraction of sp³-hybridized carbons (Fsp3) is 0.0909. The quantitative estimate of drug-likeness (QED) is 0.810. The Morgan fingerprint density at radius 2 is 2.20 bits per heavy atom. The molecule has 0 aliphatic carbocycles. The summed E-state index contributed by atoms with van der Waals surface area (Å²) < 4.78 is 0. The molecule has 0 atom stereocenters. The predicted octanol–water partition coefficient (Wildman–Crippen LogP) is 2.04. The fourth-order valence-electron chi connectivity index (χ4n) is 1.30. The molecule has 2 rings (SSSR count). The van der Waals surface area contributed by atoms with E-state index in [-0.39, 0.29) is 38.4 Å². The van der Waals surface area contributed by atoms with Crippen LogP contribution < -0.4 is 0 Å². The second-order valence-electron chi connectivity index (χ2n) is 3.09. The zero-order valence-corrected chi connectivity index (χ0v) is 11.0. The van der Waals surface area contributed by atoms with Gasteiger partial charge in [0.15, 0.2) is 0 Å². The van der Waals surface area contributed by atoms with Crippen molar-refractivity contribution in [2.45, 2.75) is 6.92 Å². The van der Waals surface area contributed by atoms with E-state index in [1.54, 1.807) is 12.1 Å². The molecule has 1 aromatic heterocycles. The SMILES string of the molecule is Cc1[c-]cc2nc(C(=O)O)ccc2c1.[Y]. The minimum absolute atomic E-state index is 0. The zero-order valence-electron chi connectivity index (χ0n) is 8.19. The van der Waals surface area contributed by atoms with E-state index >= 15 is 0 Å². The molecular weight excluding hydrogens is 267 g/mol. The molecule has 1 N–H and O–H groups in total. The summed E-state index contributed by atoms with van der Waals surface area (Å²) >= 11 is 0. The number of fused-ring (bicyclic) bond motifs is 1. The molecule has 0 aliphatic heterocycles. The molecule has 1 aromatic carbocycles. The molecule has 1 radical (unpaired) electrons. The molecule has 0 saturated heterocycles. The summed E-state index contributed by atoms with van der Waals surface area (Å²) in [5.74, 6) is -1.01. The number of aromatic nitrogens is 1. The molecule has 0 aliphatic rings. The first-order valence-corrected chi connectivity index (χ1v) is 4.19. The molecule has 3 nitrogen and oxygen atoms in total. The number of aryl methyl sites for hydroxylation is 1. The number of carboxylic acids is 1. The van der Waals surface area contributed by atoms with Crippen molar-refractivity contribution in [3.05, 3.63) is 41.6 Å². The first-order valence-electron chi connectivity index (χ1n) is 4.19. The van der Waals surface area contributed by atoms with Gasteiger partial charge in [0.2, 0.25) is 0 Å². The maximum atomic E-state index is 10.6. The molecule has 0 fully saturated rings. The average Bonchev–Trinajstić information content (AvgIpc) is 2.16. The third-order valence-electron chi connectivity index (χ3n) is 1.99. The first kappa shape index (κ1) is 12.3. The summed E-state index contributed by atoms with van der Waals surface area (Å²) in [6, 6.07) is 9.88. The van der Waals surface area contributed by atoms with Crippen LogP contribution in [0, 0.1) is 13.0 Å². The number of aromatic carboxylic acids is 1. The summed E-state index contributed by atoms with van der Waals surface area (Å²) in [5, 5.41) is 9.66. The van der Waals surface area contributed by atoms with Crippen molar-refractivity contribution in [3.63, 3.8) is 0 Å². The maximum Gasteiger partial charge on any atom is 0.353 e. The van der Waals surface area contributed by atoms with Crippen molar-refractivity contribution >= 4 is 16.9 Å². The van der Waals surface area contributed by atoms with Crippen LogP contribution in [-0.4, -0.2) is 16.1 Å². The van der Waals surface area contributed by atoms with Gasteiger partial charge in [0.25, 0.3) is 0 Å². The van der Waals surface area contributed by atoms with Gasteiger partial charge in [-0.15, -0.1) is 5.39 Å². The van der Waals surface area contributed by atoms with Crippen LogP contribution in [0.2, 0.25) is 0 Å². The number of hydrogen-bond acceptors (Lipinski definition) is 2. The molecule has 0 unspecified atom stereocenters. The van der Waals surface area contributed by atoms with E-state index in [9.17, 15) is 4.79 Å². The van der Waals surface area contributed by atoms with Gasteiger partial charge in [-0.25, -0.2) is 4.79 Å². The Bertz CT molecular complexity index is 511. The predicted molar refractivity (Wildman–Crippen MR) is 52.3 cm³/mol. The second kappa shape index (κ2) is 4.82. The third-order valence-corrected chi connectivity index (χ3v) is 1.99. The minimum Gasteiger partial charge on any atom is -0.477 e. The van der Waals surface area contributed by atoms with Gasteiger partial charge in [-0.1, -0.05) is 13.0 Å². The Morgan fingerprint density at radius 3 is 2.87 bits per heavy atom. The van der Waals surface area contributed by atoms with E-state index in [1.165, 1.54) is 6.07 Å². The molecule has 2 aromatic rings. The largest absolute Gasteiger partial charge is 0.477 e. The van der Waals surface area contributed by atoms with Crippen LogP contribution in [0.3, 0.4) is 0 Å². The van der Waals surface area contributed by atoms with Gasteiger partial charge in [0.1, 0.15) is 5.69 Å². The van der Waals surface area contributed by atoms with Gasteiger partial charge in [0.05, 0.1) is 0 Å². The number of nitrogens with zero attached hydrogens (tertiary/aromatic N) is 1. The second-order valence-corrected chi connectivity index (χ2v) is 3.09. The van der Waals surface area contributed by atoms with Crippen LogP contribution in [0.25, 0.3) is 10.9 Å². The Kier molecular flexibility index (Phi) is 3.94. The minimum atomic E-state index is -1.01. The third kappa shape index (κ3) is 2.61. The fourth-order valence-corrected chi connectivity index (χ4v) is 1.30. The maximum absolute atomic E-state index is 10.6. The average molecular weight is 275 g/mol. The van der Waals surface area contributed by atoms with Crippen LogP contribution in [0.1, 0.15) is 16.1 Å². The molecule has 73 valence electrons. The number of rotatable bonds is 1. The molecule has 0 saturated carbocycles. The van der Waals surface area contributed by atoms with Crippen LogP contribution >= 0.6 is 0 Å². The smallest absolute Gasteiger partial charge is 0.353 e. The number of hydrogen-bond donors (Lipinski definition) is 1. The Labute approximate surface area is 112 Å². The van der Waals surface area contributed by atoms with E-state index < -0.39 is 5.97 Å². The molecule has 4 heteroatoms.